The van der Waals surface area contributed by atoms with Crippen LogP contribution in [0, 0.1) is 5.82 Å². The highest BCUT2D eigenvalue weighted by Crippen LogP contribution is 2.13. The van der Waals surface area contributed by atoms with Gasteiger partial charge in [-0.2, -0.15) is 0 Å². The van der Waals surface area contributed by atoms with Gasteiger partial charge in [-0.15, -0.1) is 0 Å². The third-order valence-electron chi connectivity index (χ3n) is 3.79. The SMILES string of the molecule is COc1cccc(C(=O)NC(=NCc2cccnc2)Nc2cccc(F)c2)c1. The number of guanidine groups is 1. The van der Waals surface area contributed by atoms with Crippen molar-refractivity contribution in [3.8, 4) is 5.75 Å². The fourth-order valence-electron chi connectivity index (χ4n) is 2.42. The molecule has 0 fully saturated rings. The molecule has 0 bridgehead atoms. The molecule has 6 nitrogen and oxygen atoms in total. The van der Waals surface area contributed by atoms with Gasteiger partial charge in [-0.25, -0.2) is 9.38 Å². The maximum absolute atomic E-state index is 13.5. The average molecular weight is 378 g/mol. The van der Waals surface area contributed by atoms with E-state index in [1.807, 2.05) is 6.07 Å². The minimum atomic E-state index is -0.393. The number of halogens is 1. The zero-order chi connectivity index (χ0) is 19.8. The first-order valence-corrected chi connectivity index (χ1v) is 8.55. The van der Waals surface area contributed by atoms with Crippen LogP contribution < -0.4 is 15.4 Å². The maximum Gasteiger partial charge on any atom is 0.258 e. The molecular weight excluding hydrogens is 359 g/mol. The Morgan fingerprint density at radius 3 is 2.75 bits per heavy atom. The number of nitrogens with one attached hydrogen (secondary N) is 2. The highest BCUT2D eigenvalue weighted by atomic mass is 19.1. The Labute approximate surface area is 162 Å². The number of anilines is 1. The largest absolute Gasteiger partial charge is 0.497 e. The second-order valence-electron chi connectivity index (χ2n) is 5.85. The number of rotatable bonds is 5. The molecular formula is C21H19FN4O2. The summed E-state index contributed by atoms with van der Waals surface area (Å²) in [6.07, 6.45) is 3.36. The van der Waals surface area contributed by atoms with E-state index in [1.165, 1.54) is 19.2 Å². The first kappa shape index (κ1) is 19.0. The molecule has 0 spiro atoms. The van der Waals surface area contributed by atoms with Crippen LogP contribution in [0.5, 0.6) is 5.75 Å². The van der Waals surface area contributed by atoms with Gasteiger partial charge in [0.25, 0.3) is 5.91 Å². The number of benzene rings is 2. The fourth-order valence-corrected chi connectivity index (χ4v) is 2.42. The summed E-state index contributed by atoms with van der Waals surface area (Å²) in [4.78, 5) is 21.1. The van der Waals surface area contributed by atoms with E-state index in [-0.39, 0.29) is 11.9 Å². The average Bonchev–Trinajstić information content (AvgIpc) is 2.73. The van der Waals surface area contributed by atoms with E-state index >= 15 is 0 Å². The van der Waals surface area contributed by atoms with Gasteiger partial charge in [0.05, 0.1) is 13.7 Å². The Kier molecular flexibility index (Phi) is 6.30. The molecule has 28 heavy (non-hydrogen) atoms. The van der Waals surface area contributed by atoms with Crippen molar-refractivity contribution in [2.45, 2.75) is 6.54 Å². The predicted molar refractivity (Wildman–Crippen MR) is 106 cm³/mol. The molecule has 142 valence electrons. The number of aromatic nitrogens is 1. The number of hydrogen-bond donors (Lipinski definition) is 2. The number of carbonyl (C=O) groups excluding carboxylic acids is 1. The smallest absolute Gasteiger partial charge is 0.258 e. The predicted octanol–water partition coefficient (Wildman–Crippen LogP) is 3.63. The van der Waals surface area contributed by atoms with E-state index in [4.69, 9.17) is 4.74 Å². The van der Waals surface area contributed by atoms with Crippen molar-refractivity contribution in [1.29, 1.82) is 0 Å². The zero-order valence-corrected chi connectivity index (χ0v) is 15.2. The second kappa shape index (κ2) is 9.27. The van der Waals surface area contributed by atoms with E-state index in [0.29, 0.717) is 23.5 Å². The molecule has 1 amide bonds. The minimum Gasteiger partial charge on any atom is -0.497 e. The molecule has 3 rings (SSSR count). The standard InChI is InChI=1S/C21H19FN4O2/c1-28-19-9-2-6-16(11-19)20(27)26-21(24-14-15-5-4-10-23-13-15)25-18-8-3-7-17(22)12-18/h2-13H,14H2,1H3,(H2,24,25,26,27). The summed E-state index contributed by atoms with van der Waals surface area (Å²) in [5.74, 6) is 0.00494. The van der Waals surface area contributed by atoms with Crippen molar-refractivity contribution in [3.05, 3.63) is 90.0 Å². The third kappa shape index (κ3) is 5.38. The number of hydrogen-bond acceptors (Lipinski definition) is 4. The van der Waals surface area contributed by atoms with Crippen molar-refractivity contribution < 1.29 is 13.9 Å². The number of methoxy groups -OCH3 is 1. The van der Waals surface area contributed by atoms with Gasteiger partial charge in [0.1, 0.15) is 11.6 Å². The number of pyridine rings is 1. The van der Waals surface area contributed by atoms with Crippen molar-refractivity contribution in [3.63, 3.8) is 0 Å². The zero-order valence-electron chi connectivity index (χ0n) is 15.2. The van der Waals surface area contributed by atoms with Gasteiger partial charge in [-0.1, -0.05) is 18.2 Å². The summed E-state index contributed by atoms with van der Waals surface area (Å²) in [6, 6.07) is 16.3. The van der Waals surface area contributed by atoms with Crippen LogP contribution in [0.4, 0.5) is 10.1 Å². The molecule has 1 heterocycles. The molecule has 1 aromatic heterocycles. The van der Waals surface area contributed by atoms with Crippen LogP contribution in [-0.2, 0) is 6.54 Å². The molecule has 7 heteroatoms. The number of aliphatic imine (C=N–C) groups is 1. The minimum absolute atomic E-state index is 0.197. The van der Waals surface area contributed by atoms with Gasteiger partial charge in [0.2, 0.25) is 5.96 Å². The Bertz CT molecular complexity index is 977. The van der Waals surface area contributed by atoms with Gasteiger partial charge >= 0.3 is 0 Å². The lowest BCUT2D eigenvalue weighted by Crippen LogP contribution is -2.36. The highest BCUT2D eigenvalue weighted by molar-refractivity contribution is 6.10. The second-order valence-corrected chi connectivity index (χ2v) is 5.85. The van der Waals surface area contributed by atoms with E-state index in [0.717, 1.165) is 5.56 Å². The summed E-state index contributed by atoms with van der Waals surface area (Å²) in [5, 5.41) is 5.67. The monoisotopic (exact) mass is 378 g/mol. The lowest BCUT2D eigenvalue weighted by Gasteiger charge is -2.12. The van der Waals surface area contributed by atoms with Crippen molar-refractivity contribution in [1.82, 2.24) is 10.3 Å². The van der Waals surface area contributed by atoms with Crippen molar-refractivity contribution >= 4 is 17.6 Å². The Hall–Kier alpha value is -3.74. The van der Waals surface area contributed by atoms with Crippen LogP contribution in [0.1, 0.15) is 15.9 Å². The van der Waals surface area contributed by atoms with Crippen LogP contribution in [-0.4, -0.2) is 24.0 Å². The van der Waals surface area contributed by atoms with E-state index in [1.54, 1.807) is 54.9 Å². The molecule has 2 aromatic carbocycles. The van der Waals surface area contributed by atoms with Crippen LogP contribution in [0.3, 0.4) is 0 Å². The summed E-state index contributed by atoms with van der Waals surface area (Å²) in [7, 11) is 1.53. The molecule has 0 radical (unpaired) electrons. The Morgan fingerprint density at radius 2 is 2.00 bits per heavy atom. The van der Waals surface area contributed by atoms with E-state index in [9.17, 15) is 9.18 Å². The fraction of sp³-hybridized carbons (Fsp3) is 0.0952. The topological polar surface area (TPSA) is 75.6 Å². The molecule has 3 aromatic rings. The van der Waals surface area contributed by atoms with Crippen LogP contribution >= 0.6 is 0 Å². The quantitative estimate of drug-likeness (QED) is 0.525. The molecule has 2 N–H and O–H groups in total. The van der Waals surface area contributed by atoms with Gasteiger partial charge < -0.3 is 10.1 Å². The van der Waals surface area contributed by atoms with Crippen LogP contribution in [0.2, 0.25) is 0 Å². The number of ether oxygens (including phenoxy) is 1. The molecule has 0 saturated carbocycles. The molecule has 0 saturated heterocycles. The number of amides is 1. The molecule has 0 aliphatic rings. The van der Waals surface area contributed by atoms with E-state index in [2.05, 4.69) is 20.6 Å². The third-order valence-corrected chi connectivity index (χ3v) is 3.79. The van der Waals surface area contributed by atoms with Gasteiger partial charge in [-0.3, -0.25) is 15.1 Å². The Morgan fingerprint density at radius 1 is 1.14 bits per heavy atom. The molecule has 0 aliphatic carbocycles. The van der Waals surface area contributed by atoms with Gasteiger partial charge in [0, 0.05) is 23.6 Å². The molecule has 0 aliphatic heterocycles. The Balaban J connectivity index is 1.81. The maximum atomic E-state index is 13.5. The lowest BCUT2D eigenvalue weighted by molar-refractivity contribution is 0.0976. The molecule has 0 atom stereocenters. The number of nitrogens with zero attached hydrogens (tertiary/aromatic N) is 2. The van der Waals surface area contributed by atoms with Crippen molar-refractivity contribution in [2.75, 3.05) is 12.4 Å². The normalized spacial score (nSPS) is 11.0. The summed E-state index contributed by atoms with van der Waals surface area (Å²) < 4.78 is 18.6. The highest BCUT2D eigenvalue weighted by Gasteiger charge is 2.11. The summed E-state index contributed by atoms with van der Waals surface area (Å²) in [5.41, 5.74) is 1.75. The van der Waals surface area contributed by atoms with E-state index < -0.39 is 5.82 Å². The first-order chi connectivity index (χ1) is 13.6. The summed E-state index contributed by atoms with van der Waals surface area (Å²) in [6.45, 7) is 0.296. The molecule has 0 unspecified atom stereocenters. The number of carbonyl (C=O) groups is 1. The van der Waals surface area contributed by atoms with Gasteiger partial charge in [0.15, 0.2) is 0 Å². The van der Waals surface area contributed by atoms with Crippen molar-refractivity contribution in [2.24, 2.45) is 4.99 Å². The van der Waals surface area contributed by atoms with Crippen LogP contribution in [0.15, 0.2) is 78.0 Å². The summed E-state index contributed by atoms with van der Waals surface area (Å²) >= 11 is 0. The lowest BCUT2D eigenvalue weighted by atomic mass is 10.2. The van der Waals surface area contributed by atoms with Crippen LogP contribution in [0.25, 0.3) is 0 Å². The first-order valence-electron chi connectivity index (χ1n) is 8.55. The van der Waals surface area contributed by atoms with Gasteiger partial charge in [-0.05, 0) is 48.0 Å².